The summed E-state index contributed by atoms with van der Waals surface area (Å²) in [5.41, 5.74) is 4.64. The lowest BCUT2D eigenvalue weighted by Gasteiger charge is -2.28. The predicted molar refractivity (Wildman–Crippen MR) is 114 cm³/mol. The maximum absolute atomic E-state index is 11.5. The topological polar surface area (TPSA) is 20.2 Å². The maximum atomic E-state index is 11.5. The van der Waals surface area contributed by atoms with Crippen molar-refractivity contribution in [2.24, 2.45) is 0 Å². The Kier molecular flexibility index (Phi) is 4.55. The molecular formula is C26H24O. The molecule has 1 N–H and O–H groups in total. The number of rotatable bonds is 4. The highest BCUT2D eigenvalue weighted by atomic mass is 16.3. The smallest absolute Gasteiger partial charge is 0.0914 e. The van der Waals surface area contributed by atoms with Gasteiger partial charge in [0.15, 0.2) is 0 Å². The number of fused-ring (bicyclic) bond motifs is 1. The largest absolute Gasteiger partial charge is 0.385 e. The van der Waals surface area contributed by atoms with E-state index in [0.29, 0.717) is 6.42 Å². The first-order valence-electron chi connectivity index (χ1n) is 9.41. The lowest BCUT2D eigenvalue weighted by Crippen LogP contribution is -2.25. The monoisotopic (exact) mass is 352 g/mol. The fourth-order valence-corrected chi connectivity index (χ4v) is 3.92. The summed E-state index contributed by atoms with van der Waals surface area (Å²) in [5, 5.41) is 13.9. The summed E-state index contributed by atoms with van der Waals surface area (Å²) < 4.78 is 0. The Morgan fingerprint density at radius 1 is 0.704 bits per heavy atom. The molecule has 0 aliphatic rings. The molecule has 1 atom stereocenters. The molecule has 1 nitrogen and oxygen atoms in total. The Hall–Kier alpha value is -2.90. The second-order valence-electron chi connectivity index (χ2n) is 7.45. The minimum absolute atomic E-state index is 0.585. The number of aliphatic hydroxyl groups is 1. The first-order valence-corrected chi connectivity index (χ1v) is 9.41. The lowest BCUT2D eigenvalue weighted by molar-refractivity contribution is 0.0580. The first kappa shape index (κ1) is 17.5. The van der Waals surface area contributed by atoms with Crippen molar-refractivity contribution >= 4 is 10.8 Å². The fourth-order valence-electron chi connectivity index (χ4n) is 3.92. The van der Waals surface area contributed by atoms with Gasteiger partial charge in [-0.3, -0.25) is 0 Å². The van der Waals surface area contributed by atoms with Gasteiger partial charge in [0.2, 0.25) is 0 Å². The molecule has 134 valence electrons. The van der Waals surface area contributed by atoms with Gasteiger partial charge in [-0.15, -0.1) is 0 Å². The van der Waals surface area contributed by atoms with Gasteiger partial charge in [0.1, 0.15) is 0 Å². The quantitative estimate of drug-likeness (QED) is 0.459. The number of hydrogen-bond donors (Lipinski definition) is 1. The van der Waals surface area contributed by atoms with Gasteiger partial charge in [0.25, 0.3) is 0 Å². The van der Waals surface area contributed by atoms with Crippen molar-refractivity contribution in [3.63, 3.8) is 0 Å². The van der Waals surface area contributed by atoms with Crippen LogP contribution in [0.25, 0.3) is 21.9 Å². The Labute approximate surface area is 160 Å². The molecule has 0 fully saturated rings. The van der Waals surface area contributed by atoms with Crippen LogP contribution in [0.5, 0.6) is 0 Å². The summed E-state index contributed by atoms with van der Waals surface area (Å²) in [6.45, 7) is 4.02. The lowest BCUT2D eigenvalue weighted by atomic mass is 9.82. The summed E-state index contributed by atoms with van der Waals surface area (Å²) in [4.78, 5) is 0. The van der Waals surface area contributed by atoms with E-state index in [4.69, 9.17) is 0 Å². The van der Waals surface area contributed by atoms with Crippen molar-refractivity contribution in [2.75, 3.05) is 0 Å². The zero-order chi connectivity index (χ0) is 18.9. The van der Waals surface area contributed by atoms with E-state index in [9.17, 15) is 5.11 Å². The SMILES string of the molecule is Cc1ccccc1C[C@@](C)(O)c1ccccc1-c1cccc2ccccc12. The Morgan fingerprint density at radius 2 is 1.33 bits per heavy atom. The molecule has 0 spiro atoms. The normalized spacial score (nSPS) is 13.4. The van der Waals surface area contributed by atoms with E-state index in [2.05, 4.69) is 73.7 Å². The van der Waals surface area contributed by atoms with Crippen LogP contribution in [0.3, 0.4) is 0 Å². The average Bonchev–Trinajstić information content (AvgIpc) is 2.69. The van der Waals surface area contributed by atoms with E-state index in [1.54, 1.807) is 0 Å². The van der Waals surface area contributed by atoms with Crippen LogP contribution in [0.4, 0.5) is 0 Å². The van der Waals surface area contributed by atoms with Crippen molar-refractivity contribution in [1.29, 1.82) is 0 Å². The molecule has 0 aliphatic carbocycles. The Morgan fingerprint density at radius 3 is 2.19 bits per heavy atom. The molecule has 0 aliphatic heterocycles. The zero-order valence-electron chi connectivity index (χ0n) is 15.8. The summed E-state index contributed by atoms with van der Waals surface area (Å²) in [5.74, 6) is 0. The van der Waals surface area contributed by atoms with Gasteiger partial charge in [0.05, 0.1) is 5.60 Å². The number of aryl methyl sites for hydroxylation is 1. The molecule has 0 saturated heterocycles. The van der Waals surface area contributed by atoms with Gasteiger partial charge in [-0.05, 0) is 52.4 Å². The maximum Gasteiger partial charge on any atom is 0.0914 e. The molecule has 4 rings (SSSR count). The number of benzene rings is 4. The number of hydrogen-bond acceptors (Lipinski definition) is 1. The average molecular weight is 352 g/mol. The van der Waals surface area contributed by atoms with Crippen LogP contribution in [0.15, 0.2) is 91.0 Å². The molecule has 0 aromatic heterocycles. The molecule has 0 radical (unpaired) electrons. The summed E-state index contributed by atoms with van der Waals surface area (Å²) >= 11 is 0. The van der Waals surface area contributed by atoms with Crippen LogP contribution in [0.2, 0.25) is 0 Å². The van der Waals surface area contributed by atoms with Crippen LogP contribution >= 0.6 is 0 Å². The van der Waals surface area contributed by atoms with Crippen molar-refractivity contribution in [3.05, 3.63) is 108 Å². The van der Waals surface area contributed by atoms with Gasteiger partial charge >= 0.3 is 0 Å². The van der Waals surface area contributed by atoms with E-state index in [1.165, 1.54) is 21.9 Å². The van der Waals surface area contributed by atoms with E-state index < -0.39 is 5.60 Å². The van der Waals surface area contributed by atoms with Crippen LogP contribution in [-0.4, -0.2) is 5.11 Å². The van der Waals surface area contributed by atoms with E-state index in [-0.39, 0.29) is 0 Å². The predicted octanol–water partition coefficient (Wildman–Crippen LogP) is 6.27. The van der Waals surface area contributed by atoms with Crippen LogP contribution in [0.1, 0.15) is 23.6 Å². The van der Waals surface area contributed by atoms with E-state index in [1.807, 2.05) is 31.2 Å². The second-order valence-corrected chi connectivity index (χ2v) is 7.45. The van der Waals surface area contributed by atoms with Gasteiger partial charge < -0.3 is 5.11 Å². The van der Waals surface area contributed by atoms with Crippen molar-refractivity contribution in [1.82, 2.24) is 0 Å². The van der Waals surface area contributed by atoms with Crippen molar-refractivity contribution in [2.45, 2.75) is 25.9 Å². The van der Waals surface area contributed by atoms with E-state index >= 15 is 0 Å². The summed E-state index contributed by atoms with van der Waals surface area (Å²) in [6.07, 6.45) is 0.585. The zero-order valence-corrected chi connectivity index (χ0v) is 15.8. The fraction of sp³-hybridized carbons (Fsp3) is 0.154. The highest BCUT2D eigenvalue weighted by molar-refractivity contribution is 5.97. The summed E-state index contributed by atoms with van der Waals surface area (Å²) in [6, 6.07) is 31.3. The second kappa shape index (κ2) is 7.02. The Bertz CT molecular complexity index is 1090. The Balaban J connectivity index is 1.85. The minimum Gasteiger partial charge on any atom is -0.385 e. The van der Waals surface area contributed by atoms with Gasteiger partial charge in [-0.2, -0.15) is 0 Å². The molecule has 0 unspecified atom stereocenters. The molecular weight excluding hydrogens is 328 g/mol. The third-order valence-corrected chi connectivity index (χ3v) is 5.38. The van der Waals surface area contributed by atoms with Gasteiger partial charge in [-0.25, -0.2) is 0 Å². The van der Waals surface area contributed by atoms with Crippen LogP contribution < -0.4 is 0 Å². The van der Waals surface area contributed by atoms with Gasteiger partial charge in [0, 0.05) is 6.42 Å². The van der Waals surface area contributed by atoms with Crippen LogP contribution in [-0.2, 0) is 12.0 Å². The molecule has 1 heteroatoms. The molecule has 27 heavy (non-hydrogen) atoms. The van der Waals surface area contributed by atoms with E-state index in [0.717, 1.165) is 16.7 Å². The standard InChI is InChI=1S/C26H24O/c1-19-10-3-4-12-21(19)18-26(2,27)25-17-8-7-15-24(25)23-16-9-13-20-11-5-6-14-22(20)23/h3-17,27H,18H2,1-2H3/t26-/m1/s1. The molecule has 0 saturated carbocycles. The molecule has 4 aromatic rings. The highest BCUT2D eigenvalue weighted by Gasteiger charge is 2.27. The third kappa shape index (κ3) is 3.39. The van der Waals surface area contributed by atoms with Crippen LogP contribution in [0, 0.1) is 6.92 Å². The third-order valence-electron chi connectivity index (χ3n) is 5.38. The van der Waals surface area contributed by atoms with Gasteiger partial charge in [-0.1, -0.05) is 91.0 Å². The summed E-state index contributed by atoms with van der Waals surface area (Å²) in [7, 11) is 0. The highest BCUT2D eigenvalue weighted by Crippen LogP contribution is 2.37. The molecule has 0 bridgehead atoms. The molecule has 0 amide bonds. The van der Waals surface area contributed by atoms with Crippen molar-refractivity contribution < 1.29 is 5.11 Å². The molecule has 4 aromatic carbocycles. The first-order chi connectivity index (χ1) is 13.1. The minimum atomic E-state index is -0.959. The van der Waals surface area contributed by atoms with Crippen molar-refractivity contribution in [3.8, 4) is 11.1 Å². The molecule has 0 heterocycles.